The van der Waals surface area contributed by atoms with Gasteiger partial charge < -0.3 is 5.32 Å². The van der Waals surface area contributed by atoms with Gasteiger partial charge in [-0.25, -0.2) is 4.98 Å². The summed E-state index contributed by atoms with van der Waals surface area (Å²) < 4.78 is 2.85. The molecule has 132 valence electrons. The molecule has 0 atom stereocenters. The average molecular weight is 383 g/mol. The van der Waals surface area contributed by atoms with E-state index in [0.717, 1.165) is 31.5 Å². The molecular weight excluding hydrogens is 364 g/mol. The van der Waals surface area contributed by atoms with Gasteiger partial charge in [0.15, 0.2) is 0 Å². The largest absolute Gasteiger partial charge is 0.310 e. The zero-order chi connectivity index (χ0) is 18.3. The Hall–Kier alpha value is -2.51. The number of anilines is 1. The SMILES string of the molecule is Cc1cc(C)c2nc(-n3nc(C)cc3NC(=O)Cc3cccs3)sc2c1. The van der Waals surface area contributed by atoms with Crippen LogP contribution in [-0.2, 0) is 11.2 Å². The smallest absolute Gasteiger partial charge is 0.230 e. The lowest BCUT2D eigenvalue weighted by Gasteiger charge is -2.05. The van der Waals surface area contributed by atoms with Gasteiger partial charge in [0.2, 0.25) is 11.0 Å². The van der Waals surface area contributed by atoms with Crippen LogP contribution in [0.25, 0.3) is 15.3 Å². The molecule has 5 nitrogen and oxygen atoms in total. The van der Waals surface area contributed by atoms with Gasteiger partial charge in [0, 0.05) is 10.9 Å². The van der Waals surface area contributed by atoms with Crippen molar-refractivity contribution in [2.24, 2.45) is 0 Å². The molecule has 3 aromatic heterocycles. The second-order valence-corrected chi connectivity index (χ2v) is 8.35. The molecule has 1 amide bonds. The van der Waals surface area contributed by atoms with Crippen molar-refractivity contribution in [2.75, 3.05) is 5.32 Å². The summed E-state index contributed by atoms with van der Waals surface area (Å²) >= 11 is 3.16. The summed E-state index contributed by atoms with van der Waals surface area (Å²) in [5, 5.41) is 10.2. The van der Waals surface area contributed by atoms with E-state index in [1.165, 1.54) is 5.56 Å². The fourth-order valence-corrected chi connectivity index (χ4v) is 4.75. The Morgan fingerprint density at radius 1 is 1.23 bits per heavy atom. The Kier molecular flexibility index (Phi) is 4.34. The van der Waals surface area contributed by atoms with E-state index in [9.17, 15) is 4.79 Å². The second kappa shape index (κ2) is 6.66. The fourth-order valence-electron chi connectivity index (χ4n) is 2.94. The number of aromatic nitrogens is 3. The zero-order valence-corrected chi connectivity index (χ0v) is 16.4. The highest BCUT2D eigenvalue weighted by atomic mass is 32.1. The third-order valence-corrected chi connectivity index (χ3v) is 5.87. The zero-order valence-electron chi connectivity index (χ0n) is 14.7. The summed E-state index contributed by atoms with van der Waals surface area (Å²) in [6, 6.07) is 10.0. The second-order valence-electron chi connectivity index (χ2n) is 6.31. The van der Waals surface area contributed by atoms with Gasteiger partial charge in [0.1, 0.15) is 5.82 Å². The molecule has 0 saturated carbocycles. The standard InChI is InChI=1S/C19H18N4OS2/c1-11-7-12(2)18-15(8-11)26-19(21-18)23-16(9-13(3)22-23)20-17(24)10-14-5-4-6-25-14/h4-9H,10H2,1-3H3,(H,20,24). The van der Waals surface area contributed by atoms with Crippen LogP contribution in [0.15, 0.2) is 35.7 Å². The molecule has 0 spiro atoms. The van der Waals surface area contributed by atoms with Crippen LogP contribution >= 0.6 is 22.7 Å². The Morgan fingerprint density at radius 2 is 2.08 bits per heavy atom. The van der Waals surface area contributed by atoms with Crippen molar-refractivity contribution >= 4 is 44.6 Å². The molecule has 0 fully saturated rings. The van der Waals surface area contributed by atoms with Crippen LogP contribution in [-0.4, -0.2) is 20.7 Å². The number of hydrogen-bond acceptors (Lipinski definition) is 5. The van der Waals surface area contributed by atoms with Crippen LogP contribution in [0.1, 0.15) is 21.7 Å². The van der Waals surface area contributed by atoms with Crippen LogP contribution in [0.3, 0.4) is 0 Å². The van der Waals surface area contributed by atoms with Crippen molar-refractivity contribution in [2.45, 2.75) is 27.2 Å². The lowest BCUT2D eigenvalue weighted by atomic mass is 10.1. The number of nitrogens with one attached hydrogen (secondary N) is 1. The minimum absolute atomic E-state index is 0.0539. The molecule has 0 saturated heterocycles. The first-order valence-electron chi connectivity index (χ1n) is 8.26. The summed E-state index contributed by atoms with van der Waals surface area (Å²) in [7, 11) is 0. The molecule has 26 heavy (non-hydrogen) atoms. The van der Waals surface area contributed by atoms with Gasteiger partial charge in [-0.3, -0.25) is 4.79 Å². The third kappa shape index (κ3) is 3.27. The molecule has 1 aromatic carbocycles. The van der Waals surface area contributed by atoms with Crippen molar-refractivity contribution < 1.29 is 4.79 Å². The summed E-state index contributed by atoms with van der Waals surface area (Å²) in [6.07, 6.45) is 0.361. The number of rotatable bonds is 4. The molecule has 0 aliphatic rings. The highest BCUT2D eigenvalue weighted by Crippen LogP contribution is 2.30. The van der Waals surface area contributed by atoms with Crippen LogP contribution < -0.4 is 5.32 Å². The maximum atomic E-state index is 12.4. The van der Waals surface area contributed by atoms with Crippen LogP contribution in [0.2, 0.25) is 0 Å². The van der Waals surface area contributed by atoms with Crippen LogP contribution in [0.4, 0.5) is 5.82 Å². The summed E-state index contributed by atoms with van der Waals surface area (Å²) in [4.78, 5) is 18.2. The van der Waals surface area contributed by atoms with E-state index in [1.807, 2.05) is 30.5 Å². The van der Waals surface area contributed by atoms with E-state index < -0.39 is 0 Å². The Labute approximate surface area is 159 Å². The van der Waals surface area contributed by atoms with Gasteiger partial charge in [-0.2, -0.15) is 9.78 Å². The topological polar surface area (TPSA) is 59.8 Å². The Bertz CT molecular complexity index is 1090. The van der Waals surface area contributed by atoms with Gasteiger partial charge in [-0.1, -0.05) is 23.5 Å². The lowest BCUT2D eigenvalue weighted by Crippen LogP contribution is -2.16. The Morgan fingerprint density at radius 3 is 2.85 bits per heavy atom. The molecule has 0 radical (unpaired) electrons. The van der Waals surface area contributed by atoms with E-state index in [-0.39, 0.29) is 5.91 Å². The molecule has 0 unspecified atom stereocenters. The van der Waals surface area contributed by atoms with E-state index in [0.29, 0.717) is 12.2 Å². The van der Waals surface area contributed by atoms with Gasteiger partial charge >= 0.3 is 0 Å². The Balaban J connectivity index is 1.67. The van der Waals surface area contributed by atoms with Gasteiger partial charge in [-0.05, 0) is 49.4 Å². The summed E-state index contributed by atoms with van der Waals surface area (Å²) in [5.74, 6) is 0.597. The number of carbonyl (C=O) groups is 1. The van der Waals surface area contributed by atoms with Gasteiger partial charge in [0.25, 0.3) is 0 Å². The molecule has 0 aliphatic carbocycles. The molecule has 4 rings (SSSR count). The number of amides is 1. The molecule has 1 N–H and O–H groups in total. The third-order valence-electron chi connectivity index (χ3n) is 4.01. The molecule has 0 aliphatic heterocycles. The number of thiazole rings is 1. The van der Waals surface area contributed by atoms with Crippen molar-refractivity contribution in [1.82, 2.24) is 14.8 Å². The minimum Gasteiger partial charge on any atom is -0.310 e. The first-order chi connectivity index (χ1) is 12.5. The summed E-state index contributed by atoms with van der Waals surface area (Å²) in [6.45, 7) is 6.06. The lowest BCUT2D eigenvalue weighted by molar-refractivity contribution is -0.115. The van der Waals surface area contributed by atoms with Crippen LogP contribution in [0, 0.1) is 20.8 Å². The van der Waals surface area contributed by atoms with Crippen molar-refractivity contribution in [1.29, 1.82) is 0 Å². The minimum atomic E-state index is -0.0539. The number of thiophene rings is 1. The van der Waals surface area contributed by atoms with Crippen molar-refractivity contribution in [3.05, 3.63) is 57.4 Å². The molecule has 7 heteroatoms. The van der Waals surface area contributed by atoms with Crippen LogP contribution in [0.5, 0.6) is 0 Å². The monoisotopic (exact) mass is 382 g/mol. The average Bonchev–Trinajstić information content (AvgIpc) is 3.27. The number of aryl methyl sites for hydroxylation is 3. The van der Waals surface area contributed by atoms with E-state index >= 15 is 0 Å². The molecular formula is C19H18N4OS2. The fraction of sp³-hybridized carbons (Fsp3) is 0.211. The number of carbonyl (C=O) groups excluding carboxylic acids is 1. The highest BCUT2D eigenvalue weighted by molar-refractivity contribution is 7.20. The van der Waals surface area contributed by atoms with Gasteiger partial charge in [0.05, 0.1) is 22.3 Å². The molecule has 3 heterocycles. The van der Waals surface area contributed by atoms with Crippen molar-refractivity contribution in [3.63, 3.8) is 0 Å². The number of benzene rings is 1. The first-order valence-corrected chi connectivity index (χ1v) is 9.96. The normalized spacial score (nSPS) is 11.2. The quantitative estimate of drug-likeness (QED) is 0.559. The van der Waals surface area contributed by atoms with E-state index in [4.69, 9.17) is 4.98 Å². The predicted octanol–water partition coefficient (Wildman–Crippen LogP) is 4.65. The summed E-state index contributed by atoms with van der Waals surface area (Å²) in [5.41, 5.74) is 4.18. The molecule has 4 aromatic rings. The van der Waals surface area contributed by atoms with Gasteiger partial charge in [-0.15, -0.1) is 11.3 Å². The number of nitrogens with zero attached hydrogens (tertiary/aromatic N) is 3. The van der Waals surface area contributed by atoms with Crippen molar-refractivity contribution in [3.8, 4) is 5.13 Å². The highest BCUT2D eigenvalue weighted by Gasteiger charge is 2.16. The van der Waals surface area contributed by atoms with E-state index in [1.54, 1.807) is 27.4 Å². The maximum absolute atomic E-state index is 12.4. The predicted molar refractivity (Wildman–Crippen MR) is 108 cm³/mol. The maximum Gasteiger partial charge on any atom is 0.230 e. The van der Waals surface area contributed by atoms with E-state index in [2.05, 4.69) is 36.4 Å². The first kappa shape index (κ1) is 16.9. The number of fused-ring (bicyclic) bond motifs is 1. The molecule has 0 bridgehead atoms. The number of hydrogen-bond donors (Lipinski definition) is 1.